The van der Waals surface area contributed by atoms with Crippen molar-refractivity contribution in [2.45, 2.75) is 18.9 Å². The van der Waals surface area contributed by atoms with E-state index < -0.39 is 0 Å². The third kappa shape index (κ3) is 6.15. The van der Waals surface area contributed by atoms with Crippen molar-refractivity contribution in [2.24, 2.45) is 0 Å². The number of aryl methyl sites for hydroxylation is 1. The predicted molar refractivity (Wildman–Crippen MR) is 109 cm³/mol. The van der Waals surface area contributed by atoms with Gasteiger partial charge >= 0.3 is 0 Å². The number of nitrogens with one attached hydrogen (secondary N) is 1. The average Bonchev–Trinajstić information content (AvgIpc) is 2.67. The molecule has 0 saturated heterocycles. The lowest BCUT2D eigenvalue weighted by molar-refractivity contribution is -0.121. The summed E-state index contributed by atoms with van der Waals surface area (Å²) in [5.41, 5.74) is 2.00. The van der Waals surface area contributed by atoms with E-state index >= 15 is 0 Å². The summed E-state index contributed by atoms with van der Waals surface area (Å²) in [6.07, 6.45) is 0.997. The molecular formula is C21H27ClN2O3. The summed E-state index contributed by atoms with van der Waals surface area (Å²) >= 11 is 6.31. The highest BCUT2D eigenvalue weighted by Crippen LogP contribution is 2.26. The predicted octanol–water partition coefficient (Wildman–Crippen LogP) is 3.71. The molecule has 0 unspecified atom stereocenters. The number of carbonyl (C=O) groups excluding carboxylic acids is 1. The van der Waals surface area contributed by atoms with Crippen molar-refractivity contribution < 1.29 is 14.3 Å². The lowest BCUT2D eigenvalue weighted by Crippen LogP contribution is -2.34. The van der Waals surface area contributed by atoms with Crippen LogP contribution in [0.1, 0.15) is 23.6 Å². The molecule has 146 valence electrons. The Kier molecular flexibility index (Phi) is 7.95. The Morgan fingerprint density at radius 3 is 2.30 bits per heavy atom. The van der Waals surface area contributed by atoms with Crippen LogP contribution in [0.25, 0.3) is 0 Å². The van der Waals surface area contributed by atoms with Gasteiger partial charge in [0.1, 0.15) is 11.5 Å². The summed E-state index contributed by atoms with van der Waals surface area (Å²) in [5, 5.41) is 3.72. The Hall–Kier alpha value is -2.24. The third-order valence-electron chi connectivity index (χ3n) is 4.43. The molecule has 1 amide bonds. The Morgan fingerprint density at radius 1 is 1.11 bits per heavy atom. The number of carbonyl (C=O) groups is 1. The summed E-state index contributed by atoms with van der Waals surface area (Å²) in [5.74, 6) is 1.43. The van der Waals surface area contributed by atoms with E-state index in [1.54, 1.807) is 14.2 Å². The van der Waals surface area contributed by atoms with Gasteiger partial charge in [-0.1, -0.05) is 29.8 Å². The molecule has 0 heterocycles. The first kappa shape index (κ1) is 21.1. The lowest BCUT2D eigenvalue weighted by atomic mass is 10.1. The molecule has 0 bridgehead atoms. The summed E-state index contributed by atoms with van der Waals surface area (Å²) in [7, 11) is 7.17. The number of methoxy groups -OCH3 is 2. The highest BCUT2D eigenvalue weighted by atomic mass is 35.5. The van der Waals surface area contributed by atoms with E-state index in [2.05, 4.69) is 10.2 Å². The second kappa shape index (κ2) is 10.2. The summed E-state index contributed by atoms with van der Waals surface area (Å²) in [4.78, 5) is 14.4. The van der Waals surface area contributed by atoms with Gasteiger partial charge in [-0.3, -0.25) is 4.79 Å². The first-order chi connectivity index (χ1) is 12.9. The van der Waals surface area contributed by atoms with Crippen LogP contribution in [0.4, 0.5) is 0 Å². The number of likely N-dealkylation sites (N-methyl/N-ethyl adjacent to an activating group) is 1. The minimum Gasteiger partial charge on any atom is -0.497 e. The summed E-state index contributed by atoms with van der Waals surface area (Å²) in [6.45, 7) is 0.497. The molecule has 5 nitrogen and oxygen atoms in total. The van der Waals surface area contributed by atoms with Crippen molar-refractivity contribution in [3.05, 3.63) is 58.6 Å². The Balaban J connectivity index is 1.94. The maximum atomic E-state index is 12.3. The molecule has 27 heavy (non-hydrogen) atoms. The number of nitrogens with zero attached hydrogens (tertiary/aromatic N) is 1. The van der Waals surface area contributed by atoms with Crippen molar-refractivity contribution >= 4 is 17.5 Å². The van der Waals surface area contributed by atoms with Crippen molar-refractivity contribution in [1.29, 1.82) is 0 Å². The first-order valence-corrected chi connectivity index (χ1v) is 9.22. The SMILES string of the molecule is COc1cc(CCC(=O)NC[C@@H](c2ccccc2Cl)N(C)C)cc(OC)c1. The molecule has 0 aliphatic carbocycles. The second-order valence-electron chi connectivity index (χ2n) is 6.53. The third-order valence-corrected chi connectivity index (χ3v) is 4.78. The fourth-order valence-electron chi connectivity index (χ4n) is 2.88. The van der Waals surface area contributed by atoms with Gasteiger partial charge < -0.3 is 19.7 Å². The van der Waals surface area contributed by atoms with Crippen LogP contribution in [0, 0.1) is 0 Å². The largest absolute Gasteiger partial charge is 0.497 e. The molecule has 1 atom stereocenters. The lowest BCUT2D eigenvalue weighted by Gasteiger charge is -2.26. The number of benzene rings is 2. The van der Waals surface area contributed by atoms with Crippen LogP contribution in [0.5, 0.6) is 11.5 Å². The van der Waals surface area contributed by atoms with Gasteiger partial charge in [0, 0.05) is 24.1 Å². The number of amides is 1. The second-order valence-corrected chi connectivity index (χ2v) is 6.93. The van der Waals surface area contributed by atoms with Gasteiger partial charge in [0.05, 0.1) is 20.3 Å². The molecule has 2 aromatic carbocycles. The van der Waals surface area contributed by atoms with Crippen LogP contribution < -0.4 is 14.8 Å². The zero-order chi connectivity index (χ0) is 19.8. The van der Waals surface area contributed by atoms with E-state index in [9.17, 15) is 4.79 Å². The molecule has 0 spiro atoms. The minimum absolute atomic E-state index is 0.00399. The molecule has 0 aromatic heterocycles. The molecular weight excluding hydrogens is 364 g/mol. The van der Waals surface area contributed by atoms with Crippen LogP contribution in [0.15, 0.2) is 42.5 Å². The molecule has 0 saturated carbocycles. The Labute approximate surface area is 166 Å². The molecule has 6 heteroatoms. The van der Waals surface area contributed by atoms with Gasteiger partial charge in [-0.15, -0.1) is 0 Å². The minimum atomic E-state index is -0.00399. The molecule has 0 aliphatic rings. The highest BCUT2D eigenvalue weighted by molar-refractivity contribution is 6.31. The van der Waals surface area contributed by atoms with Crippen LogP contribution in [0.3, 0.4) is 0 Å². The maximum Gasteiger partial charge on any atom is 0.220 e. The molecule has 0 radical (unpaired) electrons. The van der Waals surface area contributed by atoms with Crippen LogP contribution >= 0.6 is 11.6 Å². The van der Waals surface area contributed by atoms with Crippen LogP contribution in [-0.4, -0.2) is 45.7 Å². The highest BCUT2D eigenvalue weighted by Gasteiger charge is 2.17. The van der Waals surface area contributed by atoms with Gasteiger partial charge in [0.15, 0.2) is 0 Å². The number of hydrogen-bond donors (Lipinski definition) is 1. The van der Waals surface area contributed by atoms with Crippen molar-refractivity contribution in [1.82, 2.24) is 10.2 Å². The zero-order valence-electron chi connectivity index (χ0n) is 16.3. The van der Waals surface area contributed by atoms with Crippen molar-refractivity contribution in [3.8, 4) is 11.5 Å². The van der Waals surface area contributed by atoms with Crippen LogP contribution in [0.2, 0.25) is 5.02 Å². The zero-order valence-corrected chi connectivity index (χ0v) is 17.0. The average molecular weight is 391 g/mol. The van der Waals surface area contributed by atoms with E-state index in [0.717, 1.165) is 22.6 Å². The Bertz CT molecular complexity index is 743. The summed E-state index contributed by atoms with van der Waals surface area (Å²) < 4.78 is 10.5. The first-order valence-electron chi connectivity index (χ1n) is 8.84. The number of hydrogen-bond acceptors (Lipinski definition) is 4. The monoisotopic (exact) mass is 390 g/mol. The quantitative estimate of drug-likeness (QED) is 0.709. The van der Waals surface area contributed by atoms with Crippen molar-refractivity contribution in [3.63, 3.8) is 0 Å². The normalized spacial score (nSPS) is 11.9. The molecule has 2 rings (SSSR count). The fourth-order valence-corrected chi connectivity index (χ4v) is 3.15. The van der Waals surface area contributed by atoms with Gasteiger partial charge in [-0.25, -0.2) is 0 Å². The fraction of sp³-hybridized carbons (Fsp3) is 0.381. The smallest absolute Gasteiger partial charge is 0.220 e. The summed E-state index contributed by atoms with van der Waals surface area (Å²) in [6, 6.07) is 13.4. The van der Waals surface area contributed by atoms with Gasteiger partial charge in [-0.05, 0) is 49.8 Å². The number of ether oxygens (including phenoxy) is 2. The molecule has 0 aliphatic heterocycles. The maximum absolute atomic E-state index is 12.3. The van der Waals surface area contributed by atoms with Gasteiger partial charge in [0.25, 0.3) is 0 Å². The van der Waals surface area contributed by atoms with E-state index in [1.807, 2.05) is 56.6 Å². The standard InChI is InChI=1S/C21H27ClN2O3/c1-24(2)20(18-7-5-6-8-19(18)22)14-23-21(25)10-9-15-11-16(26-3)13-17(12-15)27-4/h5-8,11-13,20H,9-10,14H2,1-4H3,(H,23,25)/t20-/m0/s1. The molecule has 2 aromatic rings. The van der Waals surface area contributed by atoms with E-state index in [4.69, 9.17) is 21.1 Å². The van der Waals surface area contributed by atoms with Gasteiger partial charge in [0.2, 0.25) is 5.91 Å². The van der Waals surface area contributed by atoms with Crippen molar-refractivity contribution in [2.75, 3.05) is 34.9 Å². The number of halogens is 1. The Morgan fingerprint density at radius 2 is 1.74 bits per heavy atom. The molecule has 0 fully saturated rings. The van der Waals surface area contributed by atoms with E-state index in [1.165, 1.54) is 0 Å². The van der Waals surface area contributed by atoms with Gasteiger partial charge in [-0.2, -0.15) is 0 Å². The van der Waals surface area contributed by atoms with E-state index in [0.29, 0.717) is 24.4 Å². The molecule has 1 N–H and O–H groups in total. The van der Waals surface area contributed by atoms with E-state index in [-0.39, 0.29) is 11.9 Å². The topological polar surface area (TPSA) is 50.8 Å². The van der Waals surface area contributed by atoms with Crippen LogP contribution in [-0.2, 0) is 11.2 Å². The number of rotatable bonds is 9.